The standard InChI is InChI=1S/C9H9NO/c1-3-9(11-2)8-6-4-5-7-10-8/h1,4-7,9H,2H3. The van der Waals surface area contributed by atoms with Gasteiger partial charge in [-0.2, -0.15) is 0 Å². The van der Waals surface area contributed by atoms with E-state index in [0.717, 1.165) is 5.69 Å². The lowest BCUT2D eigenvalue weighted by atomic mass is 10.2. The number of pyridine rings is 1. The zero-order valence-corrected chi connectivity index (χ0v) is 6.32. The number of aromatic nitrogens is 1. The average molecular weight is 147 g/mol. The second kappa shape index (κ2) is 3.75. The number of rotatable bonds is 2. The topological polar surface area (TPSA) is 22.1 Å². The molecule has 11 heavy (non-hydrogen) atoms. The molecule has 0 aliphatic heterocycles. The van der Waals surface area contributed by atoms with E-state index in [-0.39, 0.29) is 6.10 Å². The highest BCUT2D eigenvalue weighted by Crippen LogP contribution is 2.10. The summed E-state index contributed by atoms with van der Waals surface area (Å²) in [4.78, 5) is 4.05. The van der Waals surface area contributed by atoms with E-state index < -0.39 is 0 Å². The van der Waals surface area contributed by atoms with E-state index in [4.69, 9.17) is 11.2 Å². The Morgan fingerprint density at radius 1 is 1.64 bits per heavy atom. The first kappa shape index (κ1) is 7.77. The minimum absolute atomic E-state index is 0.323. The molecule has 0 N–H and O–H groups in total. The van der Waals surface area contributed by atoms with Gasteiger partial charge in [-0.3, -0.25) is 4.98 Å². The van der Waals surface area contributed by atoms with Crippen LogP contribution in [-0.4, -0.2) is 12.1 Å². The van der Waals surface area contributed by atoms with Crippen LogP contribution in [-0.2, 0) is 4.74 Å². The fourth-order valence-electron chi connectivity index (χ4n) is 0.805. The van der Waals surface area contributed by atoms with E-state index in [1.54, 1.807) is 13.3 Å². The Balaban J connectivity index is 2.85. The molecule has 0 aromatic carbocycles. The van der Waals surface area contributed by atoms with Crippen molar-refractivity contribution in [1.82, 2.24) is 4.98 Å². The van der Waals surface area contributed by atoms with E-state index >= 15 is 0 Å². The van der Waals surface area contributed by atoms with Gasteiger partial charge in [0.1, 0.15) is 0 Å². The van der Waals surface area contributed by atoms with Crippen LogP contribution in [0.1, 0.15) is 11.8 Å². The van der Waals surface area contributed by atoms with Crippen molar-refractivity contribution in [2.24, 2.45) is 0 Å². The summed E-state index contributed by atoms with van der Waals surface area (Å²) in [5.41, 5.74) is 0.775. The number of terminal acetylenes is 1. The molecule has 0 aliphatic carbocycles. The van der Waals surface area contributed by atoms with Gasteiger partial charge in [0.2, 0.25) is 0 Å². The van der Waals surface area contributed by atoms with Gasteiger partial charge in [0.05, 0.1) is 5.69 Å². The molecule has 0 radical (unpaired) electrons. The van der Waals surface area contributed by atoms with Crippen LogP contribution < -0.4 is 0 Å². The van der Waals surface area contributed by atoms with Crippen molar-refractivity contribution in [2.45, 2.75) is 6.10 Å². The van der Waals surface area contributed by atoms with Crippen molar-refractivity contribution >= 4 is 0 Å². The Morgan fingerprint density at radius 3 is 2.91 bits per heavy atom. The summed E-state index contributed by atoms with van der Waals surface area (Å²) in [6, 6.07) is 5.56. The molecule has 0 saturated carbocycles. The average Bonchev–Trinajstić information content (AvgIpc) is 2.09. The molecule has 1 heterocycles. The molecule has 0 aliphatic rings. The highest BCUT2D eigenvalue weighted by molar-refractivity contribution is 5.15. The van der Waals surface area contributed by atoms with Crippen LogP contribution in [0, 0.1) is 12.3 Å². The maximum absolute atomic E-state index is 5.20. The lowest BCUT2D eigenvalue weighted by molar-refractivity contribution is 0.147. The van der Waals surface area contributed by atoms with E-state index in [1.807, 2.05) is 18.2 Å². The van der Waals surface area contributed by atoms with Crippen molar-refractivity contribution in [3.05, 3.63) is 30.1 Å². The lowest BCUT2D eigenvalue weighted by Gasteiger charge is -2.05. The molecular weight excluding hydrogens is 138 g/mol. The van der Waals surface area contributed by atoms with Crippen LogP contribution in [0.3, 0.4) is 0 Å². The highest BCUT2D eigenvalue weighted by atomic mass is 16.5. The van der Waals surface area contributed by atoms with E-state index in [9.17, 15) is 0 Å². The number of hydrogen-bond donors (Lipinski definition) is 0. The first-order chi connectivity index (χ1) is 5.38. The summed E-state index contributed by atoms with van der Waals surface area (Å²) in [5, 5.41) is 0. The van der Waals surface area contributed by atoms with Crippen molar-refractivity contribution in [2.75, 3.05) is 7.11 Å². The molecule has 1 rings (SSSR count). The maximum atomic E-state index is 5.20. The van der Waals surface area contributed by atoms with Gasteiger partial charge in [0.15, 0.2) is 6.10 Å². The Kier molecular flexibility index (Phi) is 2.65. The largest absolute Gasteiger partial charge is 0.362 e. The Morgan fingerprint density at radius 2 is 2.45 bits per heavy atom. The van der Waals surface area contributed by atoms with Crippen LogP contribution in [0.2, 0.25) is 0 Å². The number of nitrogens with zero attached hydrogens (tertiary/aromatic N) is 1. The molecule has 2 nitrogen and oxygen atoms in total. The third kappa shape index (κ3) is 1.79. The summed E-state index contributed by atoms with van der Waals surface area (Å²) < 4.78 is 4.99. The van der Waals surface area contributed by atoms with Gasteiger partial charge >= 0.3 is 0 Å². The predicted octanol–water partition coefficient (Wildman–Crippen LogP) is 1.40. The minimum atomic E-state index is -0.323. The monoisotopic (exact) mass is 147 g/mol. The van der Waals surface area contributed by atoms with E-state index in [0.29, 0.717) is 0 Å². The maximum Gasteiger partial charge on any atom is 0.159 e. The van der Waals surface area contributed by atoms with Crippen LogP contribution in [0.5, 0.6) is 0 Å². The molecule has 0 fully saturated rings. The van der Waals surface area contributed by atoms with Crippen molar-refractivity contribution in [1.29, 1.82) is 0 Å². The fraction of sp³-hybridized carbons (Fsp3) is 0.222. The second-order valence-electron chi connectivity index (χ2n) is 2.04. The van der Waals surface area contributed by atoms with Crippen LogP contribution in [0.4, 0.5) is 0 Å². The smallest absolute Gasteiger partial charge is 0.159 e. The summed E-state index contributed by atoms with van der Waals surface area (Å²) in [5.74, 6) is 2.48. The van der Waals surface area contributed by atoms with Crippen LogP contribution >= 0.6 is 0 Å². The predicted molar refractivity (Wildman–Crippen MR) is 42.8 cm³/mol. The SMILES string of the molecule is C#CC(OC)c1ccccn1. The van der Waals surface area contributed by atoms with Crippen molar-refractivity contribution < 1.29 is 4.74 Å². The van der Waals surface area contributed by atoms with Gasteiger partial charge in [0.25, 0.3) is 0 Å². The quantitative estimate of drug-likeness (QED) is 0.590. The van der Waals surface area contributed by atoms with E-state index in [2.05, 4.69) is 10.9 Å². The third-order valence-corrected chi connectivity index (χ3v) is 1.34. The molecule has 0 saturated heterocycles. The normalized spacial score (nSPS) is 12.0. The molecule has 0 amide bonds. The molecule has 0 bridgehead atoms. The first-order valence-corrected chi connectivity index (χ1v) is 3.28. The van der Waals surface area contributed by atoms with Gasteiger partial charge in [-0.15, -0.1) is 6.42 Å². The summed E-state index contributed by atoms with van der Waals surface area (Å²) in [6.07, 6.45) is 6.57. The fourth-order valence-corrected chi connectivity index (χ4v) is 0.805. The zero-order valence-electron chi connectivity index (χ0n) is 6.32. The van der Waals surface area contributed by atoms with Gasteiger partial charge in [-0.05, 0) is 12.1 Å². The summed E-state index contributed by atoms with van der Waals surface area (Å²) in [6.45, 7) is 0. The van der Waals surface area contributed by atoms with E-state index in [1.165, 1.54) is 0 Å². The zero-order chi connectivity index (χ0) is 8.10. The summed E-state index contributed by atoms with van der Waals surface area (Å²) >= 11 is 0. The molecule has 1 aromatic rings. The first-order valence-electron chi connectivity index (χ1n) is 3.28. The Hall–Kier alpha value is -1.33. The second-order valence-corrected chi connectivity index (χ2v) is 2.04. The molecule has 2 heteroatoms. The van der Waals surface area contributed by atoms with Crippen LogP contribution in [0.25, 0.3) is 0 Å². The lowest BCUT2D eigenvalue weighted by Crippen LogP contribution is -1.99. The molecular formula is C9H9NO. The number of ether oxygens (including phenoxy) is 1. The van der Waals surface area contributed by atoms with Crippen molar-refractivity contribution in [3.8, 4) is 12.3 Å². The molecule has 1 unspecified atom stereocenters. The minimum Gasteiger partial charge on any atom is -0.362 e. The molecule has 1 atom stereocenters. The van der Waals surface area contributed by atoms with Crippen LogP contribution in [0.15, 0.2) is 24.4 Å². The molecule has 0 spiro atoms. The molecule has 56 valence electrons. The van der Waals surface area contributed by atoms with Crippen molar-refractivity contribution in [3.63, 3.8) is 0 Å². The number of hydrogen-bond acceptors (Lipinski definition) is 2. The van der Waals surface area contributed by atoms with Gasteiger partial charge < -0.3 is 4.74 Å². The Labute approximate surface area is 66.2 Å². The highest BCUT2D eigenvalue weighted by Gasteiger charge is 2.05. The van der Waals surface area contributed by atoms with Gasteiger partial charge in [-0.1, -0.05) is 12.0 Å². The van der Waals surface area contributed by atoms with Gasteiger partial charge in [0, 0.05) is 13.3 Å². The Bertz CT molecular complexity index is 250. The molecule has 1 aromatic heterocycles. The third-order valence-electron chi connectivity index (χ3n) is 1.34. The number of methoxy groups -OCH3 is 1. The van der Waals surface area contributed by atoms with Gasteiger partial charge in [-0.25, -0.2) is 0 Å². The summed E-state index contributed by atoms with van der Waals surface area (Å²) in [7, 11) is 1.57.